The second kappa shape index (κ2) is 11.6. The number of esters is 1. The van der Waals surface area contributed by atoms with Crippen molar-refractivity contribution in [3.8, 4) is 0 Å². The summed E-state index contributed by atoms with van der Waals surface area (Å²) in [7, 11) is -3.59. The molecule has 0 radical (unpaired) electrons. The lowest BCUT2D eigenvalue weighted by molar-refractivity contribution is -0.139. The number of sulfonamides is 1. The predicted molar refractivity (Wildman–Crippen MR) is 140 cm³/mol. The molecule has 2 aromatic rings. The number of likely N-dealkylation sites (N-methyl/N-ethyl adjacent to an activating group) is 1. The Morgan fingerprint density at radius 1 is 1.03 bits per heavy atom. The van der Waals surface area contributed by atoms with E-state index in [0.717, 1.165) is 0 Å². The van der Waals surface area contributed by atoms with Crippen LogP contribution in [0.15, 0.2) is 70.8 Å². The van der Waals surface area contributed by atoms with Crippen molar-refractivity contribution >= 4 is 33.6 Å². The molecule has 11 heteroatoms. The molecule has 1 unspecified atom stereocenters. The van der Waals surface area contributed by atoms with Crippen LogP contribution in [0.2, 0.25) is 5.02 Å². The van der Waals surface area contributed by atoms with Gasteiger partial charge in [0.25, 0.3) is 0 Å². The van der Waals surface area contributed by atoms with Crippen LogP contribution >= 0.6 is 11.6 Å². The van der Waals surface area contributed by atoms with E-state index < -0.39 is 22.0 Å². The van der Waals surface area contributed by atoms with Crippen molar-refractivity contribution in [2.24, 2.45) is 0 Å². The standard InChI is InChI=1S/C26H31ClN4O5S/c1-3-31-22(18-29-14-16-30(17-15-29)37(34,35)19-10-6-5-7-11-19)23(25(32)36-4-2)24(28-26(31)33)20-12-8-9-13-21(20)27/h5-13,24H,3-4,14-18H2,1-2H3,(H,28,33). The molecule has 0 aliphatic carbocycles. The highest BCUT2D eigenvalue weighted by Gasteiger charge is 2.39. The SMILES string of the molecule is CCOC(=O)C1=C(CN2CCN(S(=O)(=O)c3ccccc3)CC2)N(CC)C(=O)NC1c1ccccc1Cl. The molecule has 9 nitrogen and oxygen atoms in total. The van der Waals surface area contributed by atoms with Crippen molar-refractivity contribution in [3.05, 3.63) is 76.5 Å². The summed E-state index contributed by atoms with van der Waals surface area (Å²) in [6.07, 6.45) is 0. The van der Waals surface area contributed by atoms with Gasteiger partial charge >= 0.3 is 12.0 Å². The lowest BCUT2D eigenvalue weighted by Crippen LogP contribution is -2.53. The highest BCUT2D eigenvalue weighted by atomic mass is 35.5. The van der Waals surface area contributed by atoms with E-state index in [1.165, 1.54) is 9.21 Å². The van der Waals surface area contributed by atoms with Gasteiger partial charge < -0.3 is 10.1 Å². The summed E-state index contributed by atoms with van der Waals surface area (Å²) < 4.78 is 32.9. The molecule has 1 N–H and O–H groups in total. The minimum Gasteiger partial charge on any atom is -0.463 e. The number of amides is 2. The lowest BCUT2D eigenvalue weighted by atomic mass is 9.94. The monoisotopic (exact) mass is 546 g/mol. The Kier molecular flexibility index (Phi) is 8.53. The number of halogens is 1. The second-order valence-corrected chi connectivity index (χ2v) is 11.1. The van der Waals surface area contributed by atoms with Crippen molar-refractivity contribution < 1.29 is 22.7 Å². The average Bonchev–Trinajstić information content (AvgIpc) is 2.90. The van der Waals surface area contributed by atoms with Crippen LogP contribution in [0, 0.1) is 0 Å². The van der Waals surface area contributed by atoms with Crippen molar-refractivity contribution in [1.29, 1.82) is 0 Å². The normalized spacial score (nSPS) is 19.6. The molecule has 0 saturated carbocycles. The van der Waals surface area contributed by atoms with E-state index in [-0.39, 0.29) is 24.1 Å². The summed E-state index contributed by atoms with van der Waals surface area (Å²) in [5, 5.41) is 3.34. The first-order valence-corrected chi connectivity index (χ1v) is 14.1. The molecule has 0 bridgehead atoms. The summed E-state index contributed by atoms with van der Waals surface area (Å²) in [5.41, 5.74) is 1.47. The maximum absolute atomic E-state index is 13.2. The quantitative estimate of drug-likeness (QED) is 0.510. The first-order valence-electron chi connectivity index (χ1n) is 12.3. The molecule has 0 aromatic heterocycles. The summed E-state index contributed by atoms with van der Waals surface area (Å²) >= 11 is 6.46. The van der Waals surface area contributed by atoms with Crippen molar-refractivity contribution in [2.75, 3.05) is 45.9 Å². The van der Waals surface area contributed by atoms with E-state index in [9.17, 15) is 18.0 Å². The summed E-state index contributed by atoms with van der Waals surface area (Å²) in [6, 6.07) is 14.3. The lowest BCUT2D eigenvalue weighted by Gasteiger charge is -2.40. The van der Waals surface area contributed by atoms with E-state index in [2.05, 4.69) is 10.2 Å². The number of nitrogens with one attached hydrogen (secondary N) is 1. The van der Waals surface area contributed by atoms with Gasteiger partial charge in [-0.25, -0.2) is 18.0 Å². The van der Waals surface area contributed by atoms with Crippen LogP contribution in [-0.2, 0) is 19.6 Å². The smallest absolute Gasteiger partial charge is 0.338 e. The number of carbonyl (C=O) groups is 2. The number of hydrogen-bond acceptors (Lipinski definition) is 6. The van der Waals surface area contributed by atoms with E-state index in [0.29, 0.717) is 54.6 Å². The summed E-state index contributed by atoms with van der Waals surface area (Å²) in [5.74, 6) is -0.522. The maximum atomic E-state index is 13.2. The molecule has 4 rings (SSSR count). The van der Waals surface area contributed by atoms with Gasteiger partial charge in [-0.1, -0.05) is 48.0 Å². The van der Waals surface area contributed by atoms with Gasteiger partial charge in [-0.2, -0.15) is 4.31 Å². The number of rotatable bonds is 8. The summed E-state index contributed by atoms with van der Waals surface area (Å²) in [6.45, 7) is 5.87. The Labute approximate surface area is 222 Å². The molecule has 2 heterocycles. The Hall–Kier alpha value is -2.92. The van der Waals surface area contributed by atoms with Crippen LogP contribution in [0.5, 0.6) is 0 Å². The van der Waals surface area contributed by atoms with Crippen LogP contribution in [-0.4, -0.2) is 80.4 Å². The highest BCUT2D eigenvalue weighted by Crippen LogP contribution is 2.35. The van der Waals surface area contributed by atoms with E-state index in [4.69, 9.17) is 16.3 Å². The van der Waals surface area contributed by atoms with Gasteiger partial charge in [0.2, 0.25) is 10.0 Å². The van der Waals surface area contributed by atoms with Gasteiger partial charge in [-0.05, 0) is 37.6 Å². The zero-order valence-corrected chi connectivity index (χ0v) is 22.5. The third kappa shape index (κ3) is 5.67. The van der Waals surface area contributed by atoms with Crippen LogP contribution in [0.25, 0.3) is 0 Å². The van der Waals surface area contributed by atoms with Gasteiger partial charge in [0.1, 0.15) is 0 Å². The van der Waals surface area contributed by atoms with E-state index >= 15 is 0 Å². The third-order valence-corrected chi connectivity index (χ3v) is 8.81. The molecule has 2 aromatic carbocycles. The highest BCUT2D eigenvalue weighted by molar-refractivity contribution is 7.89. The van der Waals surface area contributed by atoms with Gasteiger partial charge in [-0.15, -0.1) is 0 Å². The first kappa shape index (κ1) is 27.1. The van der Waals surface area contributed by atoms with Gasteiger partial charge in [0, 0.05) is 50.0 Å². The molecule has 0 spiro atoms. The third-order valence-electron chi connectivity index (χ3n) is 6.55. The van der Waals surface area contributed by atoms with Crippen LogP contribution in [0.4, 0.5) is 4.79 Å². The van der Waals surface area contributed by atoms with E-state index in [1.54, 1.807) is 61.5 Å². The predicted octanol–water partition coefficient (Wildman–Crippen LogP) is 3.25. The fourth-order valence-corrected chi connectivity index (χ4v) is 6.37. The van der Waals surface area contributed by atoms with E-state index in [1.807, 2.05) is 6.92 Å². The zero-order valence-electron chi connectivity index (χ0n) is 20.9. The molecule has 1 fully saturated rings. The molecular weight excluding hydrogens is 516 g/mol. The number of carbonyl (C=O) groups excluding carboxylic acids is 2. The fourth-order valence-electron chi connectivity index (χ4n) is 4.68. The zero-order chi connectivity index (χ0) is 26.6. The molecule has 37 heavy (non-hydrogen) atoms. The number of piperazine rings is 1. The number of ether oxygens (including phenoxy) is 1. The molecule has 2 amide bonds. The molecule has 1 atom stereocenters. The Balaban J connectivity index is 1.63. The molecule has 1 saturated heterocycles. The maximum Gasteiger partial charge on any atom is 0.338 e. The van der Waals surface area contributed by atoms with Gasteiger partial charge in [0.15, 0.2) is 0 Å². The molecule has 2 aliphatic rings. The second-order valence-electron chi connectivity index (χ2n) is 8.72. The fraction of sp³-hybridized carbons (Fsp3) is 0.385. The average molecular weight is 547 g/mol. The van der Waals surface area contributed by atoms with Crippen molar-refractivity contribution in [3.63, 3.8) is 0 Å². The first-order chi connectivity index (χ1) is 17.8. The molecule has 2 aliphatic heterocycles. The van der Waals surface area contributed by atoms with Crippen LogP contribution in [0.1, 0.15) is 25.5 Å². The van der Waals surface area contributed by atoms with Crippen molar-refractivity contribution in [2.45, 2.75) is 24.8 Å². The van der Waals surface area contributed by atoms with Crippen molar-refractivity contribution in [1.82, 2.24) is 19.4 Å². The Bertz CT molecular complexity index is 1280. The topological polar surface area (TPSA) is 99.3 Å². The van der Waals surface area contributed by atoms with Crippen LogP contribution < -0.4 is 5.32 Å². The Morgan fingerprint density at radius 2 is 1.68 bits per heavy atom. The molecular formula is C26H31ClN4O5S. The number of nitrogens with zero attached hydrogens (tertiary/aromatic N) is 3. The van der Waals surface area contributed by atoms with Gasteiger partial charge in [-0.3, -0.25) is 9.80 Å². The number of benzene rings is 2. The van der Waals surface area contributed by atoms with Crippen LogP contribution in [0.3, 0.4) is 0 Å². The summed E-state index contributed by atoms with van der Waals surface area (Å²) in [4.78, 5) is 30.2. The number of urea groups is 1. The van der Waals surface area contributed by atoms with Gasteiger partial charge in [0.05, 0.1) is 23.1 Å². The molecule has 198 valence electrons. The largest absolute Gasteiger partial charge is 0.463 e. The Morgan fingerprint density at radius 3 is 2.30 bits per heavy atom. The number of hydrogen-bond donors (Lipinski definition) is 1. The minimum atomic E-state index is -3.59. The minimum absolute atomic E-state index is 0.181.